The zero-order chi connectivity index (χ0) is 7.82. The van der Waals surface area contributed by atoms with Gasteiger partial charge in [-0.2, -0.15) is 0 Å². The molecule has 0 aliphatic rings. The molecule has 2 heteroatoms. The van der Waals surface area contributed by atoms with Crippen LogP contribution in [0.5, 0.6) is 0 Å². The number of halogens is 1. The maximum Gasteiger partial charge on any atom is 0.0169 e. The van der Waals surface area contributed by atoms with Crippen molar-refractivity contribution in [2.24, 2.45) is 5.92 Å². The van der Waals surface area contributed by atoms with E-state index in [1.807, 2.05) is 0 Å². The SMILES string of the molecule is CCCCC(CC)CNI. The van der Waals surface area contributed by atoms with E-state index in [1.165, 1.54) is 32.2 Å². The lowest BCUT2D eigenvalue weighted by Crippen LogP contribution is -2.13. The van der Waals surface area contributed by atoms with Crippen molar-refractivity contribution >= 4 is 22.9 Å². The molecule has 1 nitrogen and oxygen atoms in total. The van der Waals surface area contributed by atoms with Crippen LogP contribution in [0.2, 0.25) is 0 Å². The van der Waals surface area contributed by atoms with Gasteiger partial charge in [0.05, 0.1) is 0 Å². The van der Waals surface area contributed by atoms with E-state index in [4.69, 9.17) is 0 Å². The van der Waals surface area contributed by atoms with E-state index >= 15 is 0 Å². The third kappa shape index (κ3) is 5.47. The third-order valence-corrected chi connectivity index (χ3v) is 2.35. The summed E-state index contributed by atoms with van der Waals surface area (Å²) in [5, 5.41) is 0. The molecule has 0 aliphatic carbocycles. The molecule has 10 heavy (non-hydrogen) atoms. The Hall–Kier alpha value is 0.690. The average molecular weight is 255 g/mol. The number of rotatable bonds is 6. The molecule has 0 bridgehead atoms. The van der Waals surface area contributed by atoms with Gasteiger partial charge in [-0.15, -0.1) is 0 Å². The standard InChI is InChI=1S/C8H18IN/c1-3-5-6-8(4-2)7-10-9/h8,10H,3-7H2,1-2H3. The van der Waals surface area contributed by atoms with E-state index in [1.54, 1.807) is 0 Å². The Morgan fingerprint density at radius 3 is 2.50 bits per heavy atom. The normalized spacial score (nSPS) is 13.5. The van der Waals surface area contributed by atoms with Gasteiger partial charge >= 0.3 is 0 Å². The first-order valence-electron chi connectivity index (χ1n) is 4.18. The highest BCUT2D eigenvalue weighted by atomic mass is 127. The second-order valence-electron chi connectivity index (χ2n) is 2.75. The summed E-state index contributed by atoms with van der Waals surface area (Å²) < 4.78 is 3.20. The molecule has 0 aromatic rings. The second kappa shape index (κ2) is 7.79. The van der Waals surface area contributed by atoms with Gasteiger partial charge in [0.2, 0.25) is 0 Å². The van der Waals surface area contributed by atoms with Crippen molar-refractivity contribution in [3.63, 3.8) is 0 Å². The van der Waals surface area contributed by atoms with Crippen LogP contribution in [0, 0.1) is 5.92 Å². The summed E-state index contributed by atoms with van der Waals surface area (Å²) in [5.74, 6) is 0.900. The van der Waals surface area contributed by atoms with Crippen LogP contribution in [-0.2, 0) is 0 Å². The number of nitrogens with one attached hydrogen (secondary N) is 1. The van der Waals surface area contributed by atoms with E-state index in [9.17, 15) is 0 Å². The second-order valence-corrected chi connectivity index (χ2v) is 3.52. The molecule has 0 fully saturated rings. The van der Waals surface area contributed by atoms with Gasteiger partial charge < -0.3 is 0 Å². The Labute approximate surface area is 78.5 Å². The van der Waals surface area contributed by atoms with Crippen molar-refractivity contribution < 1.29 is 0 Å². The first-order chi connectivity index (χ1) is 4.85. The first kappa shape index (κ1) is 10.7. The molecule has 0 aromatic heterocycles. The van der Waals surface area contributed by atoms with Crippen molar-refractivity contribution in [1.82, 2.24) is 3.53 Å². The Balaban J connectivity index is 3.21. The highest BCUT2D eigenvalue weighted by Crippen LogP contribution is 2.11. The highest BCUT2D eigenvalue weighted by molar-refractivity contribution is 14.1. The molecule has 0 aliphatic heterocycles. The van der Waals surface area contributed by atoms with Gasteiger partial charge in [0.25, 0.3) is 0 Å². The first-order valence-corrected chi connectivity index (χ1v) is 5.26. The van der Waals surface area contributed by atoms with Crippen LogP contribution < -0.4 is 3.53 Å². The lowest BCUT2D eigenvalue weighted by molar-refractivity contribution is 0.455. The van der Waals surface area contributed by atoms with E-state index < -0.39 is 0 Å². The van der Waals surface area contributed by atoms with Gasteiger partial charge in [-0.3, -0.25) is 3.53 Å². The molecular formula is C8H18IN. The van der Waals surface area contributed by atoms with Crippen LogP contribution in [0.25, 0.3) is 0 Å². The molecule has 0 spiro atoms. The molecule has 0 aromatic carbocycles. The van der Waals surface area contributed by atoms with Gasteiger partial charge in [0.15, 0.2) is 0 Å². The molecule has 1 unspecified atom stereocenters. The number of unbranched alkanes of at least 4 members (excludes halogenated alkanes) is 1. The molecule has 0 rings (SSSR count). The summed E-state index contributed by atoms with van der Waals surface area (Å²) in [4.78, 5) is 0. The van der Waals surface area contributed by atoms with Gasteiger partial charge in [-0.25, -0.2) is 0 Å². The molecule has 0 amide bonds. The van der Waals surface area contributed by atoms with Crippen molar-refractivity contribution in [2.45, 2.75) is 39.5 Å². The maximum atomic E-state index is 3.20. The third-order valence-electron chi connectivity index (χ3n) is 1.91. The highest BCUT2D eigenvalue weighted by Gasteiger charge is 2.02. The quantitative estimate of drug-likeness (QED) is 0.568. The fraction of sp³-hybridized carbons (Fsp3) is 1.00. The van der Waals surface area contributed by atoms with E-state index in [-0.39, 0.29) is 0 Å². The van der Waals surface area contributed by atoms with Crippen LogP contribution in [0.3, 0.4) is 0 Å². The lowest BCUT2D eigenvalue weighted by atomic mass is 10.00. The predicted molar refractivity (Wildman–Crippen MR) is 55.3 cm³/mol. The van der Waals surface area contributed by atoms with E-state index in [0.717, 1.165) is 5.92 Å². The summed E-state index contributed by atoms with van der Waals surface area (Å²) in [7, 11) is 0. The molecule has 0 heterocycles. The van der Waals surface area contributed by atoms with Gasteiger partial charge in [-0.05, 0) is 12.3 Å². The zero-order valence-electron chi connectivity index (χ0n) is 6.99. The van der Waals surface area contributed by atoms with Crippen molar-refractivity contribution in [2.75, 3.05) is 6.54 Å². The predicted octanol–water partition coefficient (Wildman–Crippen LogP) is 3.14. The lowest BCUT2D eigenvalue weighted by Gasteiger charge is -2.11. The minimum Gasteiger partial charge on any atom is -0.261 e. The van der Waals surface area contributed by atoms with E-state index in [2.05, 4.69) is 40.2 Å². The van der Waals surface area contributed by atoms with Crippen LogP contribution >= 0.6 is 22.9 Å². The Morgan fingerprint density at radius 1 is 1.40 bits per heavy atom. The number of hydrogen-bond acceptors (Lipinski definition) is 1. The Morgan fingerprint density at radius 2 is 2.10 bits per heavy atom. The molecule has 0 saturated heterocycles. The van der Waals surface area contributed by atoms with Crippen LogP contribution in [0.1, 0.15) is 39.5 Å². The summed E-state index contributed by atoms with van der Waals surface area (Å²) >= 11 is 2.23. The van der Waals surface area contributed by atoms with Crippen LogP contribution in [-0.4, -0.2) is 6.54 Å². The minimum absolute atomic E-state index is 0.900. The topological polar surface area (TPSA) is 12.0 Å². The largest absolute Gasteiger partial charge is 0.261 e. The molecule has 0 radical (unpaired) electrons. The monoisotopic (exact) mass is 255 g/mol. The van der Waals surface area contributed by atoms with E-state index in [0.29, 0.717) is 0 Å². The fourth-order valence-electron chi connectivity index (χ4n) is 1.05. The van der Waals surface area contributed by atoms with Gasteiger partial charge in [0.1, 0.15) is 0 Å². The Kier molecular flexibility index (Phi) is 8.33. The summed E-state index contributed by atoms with van der Waals surface area (Å²) in [5.41, 5.74) is 0. The van der Waals surface area contributed by atoms with Gasteiger partial charge in [-0.1, -0.05) is 33.1 Å². The van der Waals surface area contributed by atoms with Crippen molar-refractivity contribution in [3.05, 3.63) is 0 Å². The maximum absolute atomic E-state index is 3.20. The van der Waals surface area contributed by atoms with Crippen LogP contribution in [0.15, 0.2) is 0 Å². The molecule has 1 N–H and O–H groups in total. The summed E-state index contributed by atoms with van der Waals surface area (Å²) in [6, 6.07) is 0. The molecular weight excluding hydrogens is 237 g/mol. The molecule has 0 saturated carbocycles. The fourth-order valence-corrected chi connectivity index (χ4v) is 1.68. The van der Waals surface area contributed by atoms with Crippen molar-refractivity contribution in [1.29, 1.82) is 0 Å². The smallest absolute Gasteiger partial charge is 0.0169 e. The average Bonchev–Trinajstić information content (AvgIpc) is 1.98. The van der Waals surface area contributed by atoms with Gasteiger partial charge in [0, 0.05) is 29.4 Å². The minimum atomic E-state index is 0.900. The van der Waals surface area contributed by atoms with Crippen LogP contribution in [0.4, 0.5) is 0 Å². The summed E-state index contributed by atoms with van der Waals surface area (Å²) in [6.07, 6.45) is 5.42. The molecule has 1 atom stereocenters. The Bertz CT molecular complexity index is 66.3. The number of hydrogen-bond donors (Lipinski definition) is 1. The zero-order valence-corrected chi connectivity index (χ0v) is 9.15. The summed E-state index contributed by atoms with van der Waals surface area (Å²) in [6.45, 7) is 5.70. The molecule has 62 valence electrons. The van der Waals surface area contributed by atoms with Crippen molar-refractivity contribution in [3.8, 4) is 0 Å².